The molecule has 0 aromatic rings. The summed E-state index contributed by atoms with van der Waals surface area (Å²) in [4.78, 5) is 2.35. The minimum atomic E-state index is -1.62. The second kappa shape index (κ2) is 4.11. The Morgan fingerprint density at radius 2 is 2.10 bits per heavy atom. The Labute approximate surface area is 66.0 Å². The van der Waals surface area contributed by atoms with E-state index in [1.54, 1.807) is 0 Å². The summed E-state index contributed by atoms with van der Waals surface area (Å²) in [6.45, 7) is 7.92. The zero-order valence-corrected chi connectivity index (χ0v) is 7.89. The van der Waals surface area contributed by atoms with Crippen LogP contribution in [0.1, 0.15) is 0 Å². The van der Waals surface area contributed by atoms with E-state index in [-0.39, 0.29) is 0 Å². The Morgan fingerprint density at radius 1 is 1.50 bits per heavy atom. The van der Waals surface area contributed by atoms with Crippen LogP contribution in [0, 0.1) is 0 Å². The fourth-order valence-corrected chi connectivity index (χ4v) is 2.42. The van der Waals surface area contributed by atoms with Gasteiger partial charge in [-0.05, 0) is 6.17 Å². The Balaban J connectivity index is 2.24. The maximum atomic E-state index is 7.82. The first-order valence-corrected chi connectivity index (χ1v) is 6.59. The zero-order valence-electron chi connectivity index (χ0n) is 7.89. The summed E-state index contributed by atoms with van der Waals surface area (Å²) in [5, 5.41) is 0. The van der Waals surface area contributed by atoms with Crippen molar-refractivity contribution >= 4 is 8.73 Å². The molecule has 3 heteroatoms. The number of hydrogen-bond donors (Lipinski definition) is 0. The molecule has 10 heavy (non-hydrogen) atoms. The van der Waals surface area contributed by atoms with Gasteiger partial charge in [0.25, 0.3) is 0 Å². The van der Waals surface area contributed by atoms with Gasteiger partial charge in [0.05, 0.1) is 13.2 Å². The number of hydrogen-bond acceptors (Lipinski definition) is 2. The van der Waals surface area contributed by atoms with E-state index in [4.69, 9.17) is 5.97 Å². The van der Waals surface area contributed by atoms with Crippen LogP contribution in [0.4, 0.5) is 0 Å². The van der Waals surface area contributed by atoms with Crippen molar-refractivity contribution in [1.29, 1.82) is 1.23 Å². The van der Waals surface area contributed by atoms with Crippen molar-refractivity contribution in [3.8, 4) is 0 Å². The first kappa shape index (κ1) is 6.82. The van der Waals surface area contributed by atoms with E-state index in [0.29, 0.717) is 0 Å². The van der Waals surface area contributed by atoms with Crippen LogP contribution in [0.2, 0.25) is 13.1 Å². The molecule has 0 atom stereocenters. The summed E-state index contributed by atoms with van der Waals surface area (Å²) in [5.74, 6) is 0. The lowest BCUT2D eigenvalue weighted by molar-refractivity contribution is 0.0460. The van der Waals surface area contributed by atoms with Gasteiger partial charge in [-0.25, -0.2) is 0 Å². The fourth-order valence-electron chi connectivity index (χ4n) is 1.21. The Kier molecular flexibility index (Phi) is 2.80. The minimum Gasteiger partial charge on any atom is -0.379 e. The van der Waals surface area contributed by atoms with Crippen LogP contribution in [-0.2, 0) is 4.74 Å². The van der Waals surface area contributed by atoms with Crippen LogP contribution in [0.5, 0.6) is 0 Å². The quantitative estimate of drug-likeness (QED) is 0.540. The molecule has 0 aliphatic carbocycles. The van der Waals surface area contributed by atoms with E-state index >= 15 is 0 Å². The summed E-state index contributed by atoms with van der Waals surface area (Å²) in [6, 6.07) is 0. The predicted octanol–water partition coefficient (Wildman–Crippen LogP) is 0.344. The molecule has 0 bridgehead atoms. The van der Waals surface area contributed by atoms with Gasteiger partial charge in [-0.3, -0.25) is 0 Å². The van der Waals surface area contributed by atoms with Crippen LogP contribution in [0.25, 0.3) is 0 Å². The van der Waals surface area contributed by atoms with Crippen molar-refractivity contribution < 1.29 is 4.74 Å². The molecule has 0 aromatic carbocycles. The monoisotopic (exact) mass is 160 g/mol. The van der Waals surface area contributed by atoms with Gasteiger partial charge in [-0.2, -0.15) is 0 Å². The molecule has 1 fully saturated rings. The lowest BCUT2D eigenvalue weighted by Gasteiger charge is -2.27. The highest BCUT2D eigenvalue weighted by atomic mass is 28.3. The van der Waals surface area contributed by atoms with E-state index in [9.17, 15) is 0 Å². The first-order chi connectivity index (χ1) is 5.08. The summed E-state index contributed by atoms with van der Waals surface area (Å²) in [6.07, 6.45) is 0.996. The second-order valence-corrected chi connectivity index (χ2v) is 5.83. The predicted molar refractivity (Wildman–Crippen MR) is 46.1 cm³/mol. The van der Waals surface area contributed by atoms with Gasteiger partial charge >= 0.3 is 0 Å². The summed E-state index contributed by atoms with van der Waals surface area (Å²) < 4.78 is 13.1. The molecule has 1 aliphatic heterocycles. The van der Waals surface area contributed by atoms with Crippen molar-refractivity contribution in [1.82, 2.24) is 4.90 Å². The normalized spacial score (nSPS) is 24.4. The molecule has 0 saturated carbocycles. The largest absolute Gasteiger partial charge is 0.379 e. The van der Waals surface area contributed by atoms with Crippen LogP contribution in [-0.4, -0.2) is 47.3 Å². The zero-order chi connectivity index (χ0) is 8.32. The maximum Gasteiger partial charge on any atom is 0.0593 e. The minimum absolute atomic E-state index is 0.852. The lowest BCUT2D eigenvalue weighted by atomic mass is 10.5. The van der Waals surface area contributed by atoms with E-state index in [2.05, 4.69) is 18.0 Å². The van der Waals surface area contributed by atoms with Crippen molar-refractivity contribution in [2.75, 3.05) is 32.5 Å². The molecule has 0 aromatic heterocycles. The number of ether oxygens (including phenoxy) is 1. The highest BCUT2D eigenvalue weighted by Crippen LogP contribution is 1.97. The van der Waals surface area contributed by atoms with Crippen molar-refractivity contribution in [2.24, 2.45) is 0 Å². The molecule has 0 amide bonds. The number of rotatable bonds is 2. The number of nitrogens with zero attached hydrogens (tertiary/aromatic N) is 1. The molecule has 0 N–H and O–H groups in total. The molecular weight excluding hydrogens is 142 g/mol. The molecule has 0 unspecified atom stereocenters. The lowest BCUT2D eigenvalue weighted by Crippen LogP contribution is -2.40. The number of morpholine rings is 1. The standard InChI is InChI=1S/C7H17NOSi/c1-10(2)7-8-3-5-9-6-4-8/h10H,3-7H2,1-2H3/i10D. The third kappa shape index (κ3) is 2.81. The second-order valence-electron chi connectivity index (χ2n) is 3.10. The highest BCUT2D eigenvalue weighted by Gasteiger charge is 2.10. The van der Waals surface area contributed by atoms with Crippen LogP contribution < -0.4 is 0 Å². The Morgan fingerprint density at radius 3 is 2.60 bits per heavy atom. The average Bonchev–Trinajstić information content (AvgIpc) is 1.85. The molecule has 0 radical (unpaired) electrons. The van der Waals surface area contributed by atoms with Gasteiger partial charge in [0.15, 0.2) is 0 Å². The smallest absolute Gasteiger partial charge is 0.0593 e. The summed E-state index contributed by atoms with van der Waals surface area (Å²) in [5.41, 5.74) is 0. The first-order valence-electron chi connectivity index (χ1n) is 4.38. The Hall–Kier alpha value is 0.137. The van der Waals surface area contributed by atoms with E-state index in [1.165, 1.54) is 0 Å². The third-order valence-electron chi connectivity index (χ3n) is 1.64. The van der Waals surface area contributed by atoms with Crippen LogP contribution >= 0.6 is 0 Å². The third-order valence-corrected chi connectivity index (χ3v) is 2.72. The molecule has 1 heterocycles. The van der Waals surface area contributed by atoms with Gasteiger partial charge < -0.3 is 9.64 Å². The molecule has 2 nitrogen and oxygen atoms in total. The molecular formula is C7H17NOSi. The SMILES string of the molecule is [2H][Si](C)(C)CN1CCOCC1. The van der Waals surface area contributed by atoms with Crippen molar-refractivity contribution in [2.45, 2.75) is 13.1 Å². The van der Waals surface area contributed by atoms with Gasteiger partial charge in [-0.1, -0.05) is 13.1 Å². The molecule has 1 saturated heterocycles. The topological polar surface area (TPSA) is 12.5 Å². The summed E-state index contributed by atoms with van der Waals surface area (Å²) >= 11 is 0. The Bertz CT molecular complexity index is 120. The van der Waals surface area contributed by atoms with Crippen LogP contribution in [0.3, 0.4) is 0 Å². The molecule has 0 spiro atoms. The molecule has 1 rings (SSSR count). The fraction of sp³-hybridized carbons (Fsp3) is 1.00. The van der Waals surface area contributed by atoms with Crippen molar-refractivity contribution in [3.05, 3.63) is 0 Å². The molecule has 1 aliphatic rings. The van der Waals surface area contributed by atoms with Crippen LogP contribution in [0.15, 0.2) is 0 Å². The van der Waals surface area contributed by atoms with E-state index in [0.717, 1.165) is 32.5 Å². The van der Waals surface area contributed by atoms with E-state index < -0.39 is 8.73 Å². The van der Waals surface area contributed by atoms with Crippen molar-refractivity contribution in [3.63, 3.8) is 0 Å². The van der Waals surface area contributed by atoms with Gasteiger partial charge in [0.1, 0.15) is 0 Å². The summed E-state index contributed by atoms with van der Waals surface area (Å²) in [7, 11) is -1.62. The van der Waals surface area contributed by atoms with Gasteiger partial charge in [-0.15, -0.1) is 0 Å². The van der Waals surface area contributed by atoms with Gasteiger partial charge in [0, 0.05) is 23.1 Å². The molecule has 60 valence electrons. The highest BCUT2D eigenvalue weighted by molar-refractivity contribution is 6.55. The average molecular weight is 160 g/mol. The maximum absolute atomic E-state index is 7.82. The van der Waals surface area contributed by atoms with Gasteiger partial charge in [0.2, 0.25) is 0 Å². The van der Waals surface area contributed by atoms with E-state index in [1.807, 2.05) is 0 Å².